The summed E-state index contributed by atoms with van der Waals surface area (Å²) >= 11 is 0. The van der Waals surface area contributed by atoms with Gasteiger partial charge < -0.3 is 5.11 Å². The molecular weight excluding hydrogens is 260 g/mol. The van der Waals surface area contributed by atoms with Gasteiger partial charge in [0.25, 0.3) is 0 Å². The van der Waals surface area contributed by atoms with Gasteiger partial charge in [-0.15, -0.1) is 0 Å². The van der Waals surface area contributed by atoms with E-state index < -0.39 is 11.4 Å². The lowest BCUT2D eigenvalue weighted by Crippen LogP contribution is -2.53. The van der Waals surface area contributed by atoms with Crippen molar-refractivity contribution < 1.29 is 9.90 Å². The van der Waals surface area contributed by atoms with E-state index in [1.165, 1.54) is 32.1 Å². The van der Waals surface area contributed by atoms with Crippen LogP contribution in [0.2, 0.25) is 0 Å². The summed E-state index contributed by atoms with van der Waals surface area (Å²) in [4.78, 5) is 12.1. The first kappa shape index (κ1) is 12.7. The zero-order chi connectivity index (χ0) is 14.4. The number of fused-ring (bicyclic) bond motifs is 2. The lowest BCUT2D eigenvalue weighted by Gasteiger charge is -2.58. The molecule has 114 valence electrons. The van der Waals surface area contributed by atoms with Gasteiger partial charge in [0.2, 0.25) is 0 Å². The molecule has 21 heavy (non-hydrogen) atoms. The van der Waals surface area contributed by atoms with Crippen molar-refractivity contribution in [1.29, 1.82) is 0 Å². The molecule has 0 aromatic carbocycles. The third-order valence-electron chi connectivity index (χ3n) is 8.22. The molecule has 0 aromatic heterocycles. The highest BCUT2D eigenvalue weighted by atomic mass is 16.4. The smallest absolute Gasteiger partial charge is 0.310 e. The van der Waals surface area contributed by atoms with Gasteiger partial charge in [0.05, 0.1) is 5.41 Å². The fourth-order valence-electron chi connectivity index (χ4n) is 7.67. The van der Waals surface area contributed by atoms with Crippen LogP contribution >= 0.6 is 0 Å². The second kappa shape index (κ2) is 3.94. The molecule has 0 heterocycles. The minimum Gasteiger partial charge on any atom is -0.481 e. The van der Waals surface area contributed by atoms with Crippen molar-refractivity contribution in [3.8, 4) is 0 Å². The van der Waals surface area contributed by atoms with Gasteiger partial charge in [-0.25, -0.2) is 0 Å². The van der Waals surface area contributed by atoms with Crippen LogP contribution in [0, 0.1) is 52.8 Å². The number of carboxylic acids is 1. The summed E-state index contributed by atoms with van der Waals surface area (Å²) in [5.74, 6) is 5.09. The van der Waals surface area contributed by atoms with Gasteiger partial charge in [0.15, 0.2) is 0 Å². The third-order valence-corrected chi connectivity index (χ3v) is 8.22. The molecular formula is C19H26O2. The zero-order valence-corrected chi connectivity index (χ0v) is 12.9. The van der Waals surface area contributed by atoms with E-state index in [1.54, 1.807) is 0 Å². The molecule has 6 aliphatic rings. The Morgan fingerprint density at radius 3 is 2.19 bits per heavy atom. The molecule has 5 fully saturated rings. The molecule has 6 rings (SSSR count). The molecule has 2 heteroatoms. The summed E-state index contributed by atoms with van der Waals surface area (Å²) in [6.45, 7) is 2.07. The van der Waals surface area contributed by atoms with E-state index in [0.29, 0.717) is 23.7 Å². The van der Waals surface area contributed by atoms with Crippen LogP contribution in [-0.2, 0) is 4.79 Å². The van der Waals surface area contributed by atoms with Crippen LogP contribution in [0.5, 0.6) is 0 Å². The summed E-state index contributed by atoms with van der Waals surface area (Å²) in [6, 6.07) is 0. The lowest BCUT2D eigenvalue weighted by atomic mass is 9.46. The van der Waals surface area contributed by atoms with Gasteiger partial charge in [-0.1, -0.05) is 12.2 Å². The summed E-state index contributed by atoms with van der Waals surface area (Å²) in [5, 5.41) is 9.99. The maximum atomic E-state index is 12.1. The van der Waals surface area contributed by atoms with Crippen LogP contribution in [-0.4, -0.2) is 11.1 Å². The fraction of sp³-hybridized carbons (Fsp3) is 0.842. The number of carboxylic acid groups (broad SMARTS) is 1. The average Bonchev–Trinajstić information content (AvgIpc) is 2.99. The minimum atomic E-state index is -0.529. The number of hydrogen-bond acceptors (Lipinski definition) is 1. The molecule has 6 aliphatic carbocycles. The van der Waals surface area contributed by atoms with Crippen molar-refractivity contribution in [2.45, 2.75) is 45.4 Å². The molecule has 6 bridgehead atoms. The second-order valence-corrected chi connectivity index (χ2v) is 9.01. The first-order valence-electron chi connectivity index (χ1n) is 8.99. The first-order chi connectivity index (χ1) is 10.1. The van der Waals surface area contributed by atoms with Crippen molar-refractivity contribution >= 4 is 5.97 Å². The van der Waals surface area contributed by atoms with E-state index in [1.807, 2.05) is 0 Å². The molecule has 2 nitrogen and oxygen atoms in total. The molecule has 0 radical (unpaired) electrons. The van der Waals surface area contributed by atoms with Crippen molar-refractivity contribution in [3.63, 3.8) is 0 Å². The number of rotatable bonds is 2. The highest BCUT2D eigenvalue weighted by molar-refractivity contribution is 5.76. The number of allylic oxidation sites excluding steroid dienone is 2. The maximum Gasteiger partial charge on any atom is 0.310 e. The quantitative estimate of drug-likeness (QED) is 0.780. The van der Waals surface area contributed by atoms with Gasteiger partial charge in [-0.3, -0.25) is 4.79 Å². The van der Waals surface area contributed by atoms with Crippen molar-refractivity contribution in [2.24, 2.45) is 52.8 Å². The second-order valence-electron chi connectivity index (χ2n) is 9.01. The monoisotopic (exact) mass is 286 g/mol. The summed E-state index contributed by atoms with van der Waals surface area (Å²) in [7, 11) is 0. The predicted molar refractivity (Wildman–Crippen MR) is 80.5 cm³/mol. The van der Waals surface area contributed by atoms with Crippen molar-refractivity contribution in [3.05, 3.63) is 12.2 Å². The largest absolute Gasteiger partial charge is 0.481 e. The van der Waals surface area contributed by atoms with Crippen molar-refractivity contribution in [1.82, 2.24) is 0 Å². The van der Waals surface area contributed by atoms with E-state index in [4.69, 9.17) is 0 Å². The SMILES string of the molecule is CC1(C(=O)O)C2C=CC(C2)C1C1C2CC3CC(C2)CC1C3. The lowest BCUT2D eigenvalue weighted by molar-refractivity contribution is -0.160. The molecule has 0 aromatic rings. The van der Waals surface area contributed by atoms with E-state index in [9.17, 15) is 9.90 Å². The van der Waals surface area contributed by atoms with Crippen LogP contribution in [0.25, 0.3) is 0 Å². The highest BCUT2D eigenvalue weighted by Gasteiger charge is 2.63. The summed E-state index contributed by atoms with van der Waals surface area (Å²) in [5.41, 5.74) is -0.487. The van der Waals surface area contributed by atoms with E-state index in [-0.39, 0.29) is 0 Å². The Kier molecular flexibility index (Phi) is 2.39. The van der Waals surface area contributed by atoms with Gasteiger partial charge in [-0.05, 0) is 92.8 Å². The molecule has 4 unspecified atom stereocenters. The number of carbonyl (C=O) groups is 1. The maximum absolute atomic E-state index is 12.1. The normalized spacial score (nSPS) is 59.9. The van der Waals surface area contributed by atoms with Crippen LogP contribution < -0.4 is 0 Å². The molecule has 0 saturated heterocycles. The molecule has 5 saturated carbocycles. The number of aliphatic carboxylic acids is 1. The fourth-order valence-corrected chi connectivity index (χ4v) is 7.67. The Morgan fingerprint density at radius 2 is 1.62 bits per heavy atom. The van der Waals surface area contributed by atoms with Crippen LogP contribution in [0.4, 0.5) is 0 Å². The Hall–Kier alpha value is -0.790. The van der Waals surface area contributed by atoms with E-state index in [2.05, 4.69) is 19.1 Å². The highest BCUT2D eigenvalue weighted by Crippen LogP contribution is 2.67. The Bertz CT molecular complexity index is 494. The third kappa shape index (κ3) is 1.47. The van der Waals surface area contributed by atoms with Crippen LogP contribution in [0.3, 0.4) is 0 Å². The zero-order valence-electron chi connectivity index (χ0n) is 12.9. The minimum absolute atomic E-state index is 0.294. The summed E-state index contributed by atoms with van der Waals surface area (Å²) < 4.78 is 0. The summed E-state index contributed by atoms with van der Waals surface area (Å²) in [6.07, 6.45) is 12.8. The van der Waals surface area contributed by atoms with Gasteiger partial charge >= 0.3 is 5.97 Å². The standard InChI is InChI=1S/C19H26O2/c1-19(18(20)21)15-3-2-12(9-15)17(19)16-13-5-10-4-11(7-13)8-14(16)6-10/h2-3,10-17H,4-9H2,1H3,(H,20,21). The number of hydrogen-bond donors (Lipinski definition) is 1. The van der Waals surface area contributed by atoms with E-state index in [0.717, 1.165) is 30.1 Å². The molecule has 1 N–H and O–H groups in total. The van der Waals surface area contributed by atoms with Gasteiger partial charge in [-0.2, -0.15) is 0 Å². The first-order valence-corrected chi connectivity index (χ1v) is 8.99. The van der Waals surface area contributed by atoms with Gasteiger partial charge in [0.1, 0.15) is 0 Å². The van der Waals surface area contributed by atoms with Crippen LogP contribution in [0.15, 0.2) is 12.2 Å². The average molecular weight is 286 g/mol. The van der Waals surface area contributed by atoms with Crippen LogP contribution in [0.1, 0.15) is 45.4 Å². The Morgan fingerprint density at radius 1 is 1.00 bits per heavy atom. The molecule has 0 amide bonds. The molecule has 0 spiro atoms. The van der Waals surface area contributed by atoms with Gasteiger partial charge in [0, 0.05) is 0 Å². The molecule has 0 aliphatic heterocycles. The Balaban J connectivity index is 1.55. The topological polar surface area (TPSA) is 37.3 Å². The predicted octanol–water partition coefficient (Wildman–Crippen LogP) is 3.97. The molecule has 4 atom stereocenters. The van der Waals surface area contributed by atoms with Crippen molar-refractivity contribution in [2.75, 3.05) is 0 Å². The Labute approximate surface area is 127 Å². The van der Waals surface area contributed by atoms with E-state index >= 15 is 0 Å².